The van der Waals surface area contributed by atoms with Gasteiger partial charge in [0.15, 0.2) is 0 Å². The van der Waals surface area contributed by atoms with Gasteiger partial charge < -0.3 is 10.6 Å². The molecule has 0 radical (unpaired) electrons. The number of para-hydroxylation sites is 1. The lowest BCUT2D eigenvalue weighted by molar-refractivity contribution is -0.133. The van der Waals surface area contributed by atoms with Gasteiger partial charge in [-0.15, -0.1) is 0 Å². The van der Waals surface area contributed by atoms with Crippen LogP contribution < -0.4 is 10.6 Å². The number of fused-ring (bicyclic) bond motifs is 1. The van der Waals surface area contributed by atoms with Gasteiger partial charge >= 0.3 is 11.8 Å². The third-order valence-corrected chi connectivity index (χ3v) is 4.20. The third kappa shape index (κ3) is 3.91. The molecule has 0 saturated carbocycles. The van der Waals surface area contributed by atoms with E-state index in [0.29, 0.717) is 11.4 Å². The van der Waals surface area contributed by atoms with Crippen LogP contribution >= 0.6 is 0 Å². The minimum absolute atomic E-state index is 0.140. The second-order valence-corrected chi connectivity index (χ2v) is 7.27. The number of anilines is 2. The molecule has 0 fully saturated rings. The van der Waals surface area contributed by atoms with E-state index in [1.165, 1.54) is 0 Å². The zero-order chi connectivity index (χ0) is 18.7. The zero-order valence-electron chi connectivity index (χ0n) is 15.2. The van der Waals surface area contributed by atoms with Crippen molar-refractivity contribution in [3.63, 3.8) is 0 Å². The van der Waals surface area contributed by atoms with Crippen molar-refractivity contribution in [3.05, 3.63) is 72.3 Å². The highest BCUT2D eigenvalue weighted by Crippen LogP contribution is 2.29. The van der Waals surface area contributed by atoms with Crippen LogP contribution in [-0.4, -0.2) is 11.8 Å². The van der Waals surface area contributed by atoms with Crippen LogP contribution in [0.2, 0.25) is 0 Å². The Balaban J connectivity index is 1.75. The lowest BCUT2D eigenvalue weighted by atomic mass is 9.86. The van der Waals surface area contributed by atoms with Crippen molar-refractivity contribution >= 4 is 34.0 Å². The van der Waals surface area contributed by atoms with Gasteiger partial charge in [-0.25, -0.2) is 0 Å². The van der Waals surface area contributed by atoms with Crippen LogP contribution in [0.4, 0.5) is 11.4 Å². The number of nitrogens with one attached hydrogen (secondary N) is 2. The Morgan fingerprint density at radius 3 is 2.08 bits per heavy atom. The van der Waals surface area contributed by atoms with E-state index in [2.05, 4.69) is 31.4 Å². The van der Waals surface area contributed by atoms with Crippen LogP contribution in [0.3, 0.4) is 0 Å². The Hall–Kier alpha value is -3.14. The molecule has 26 heavy (non-hydrogen) atoms. The summed E-state index contributed by atoms with van der Waals surface area (Å²) < 4.78 is 0. The number of rotatable bonds is 2. The predicted octanol–water partition coefficient (Wildman–Crippen LogP) is 4.71. The van der Waals surface area contributed by atoms with Gasteiger partial charge in [-0.3, -0.25) is 9.59 Å². The fourth-order valence-electron chi connectivity index (χ4n) is 2.88. The number of benzene rings is 3. The summed E-state index contributed by atoms with van der Waals surface area (Å²) in [5.74, 6) is -1.38. The minimum atomic E-state index is -0.691. The maximum absolute atomic E-state index is 12.3. The third-order valence-electron chi connectivity index (χ3n) is 4.20. The van der Waals surface area contributed by atoms with E-state index < -0.39 is 11.8 Å². The average molecular weight is 346 g/mol. The summed E-state index contributed by atoms with van der Waals surface area (Å²) in [7, 11) is 0. The van der Waals surface area contributed by atoms with Gasteiger partial charge in [-0.2, -0.15) is 0 Å². The van der Waals surface area contributed by atoms with Crippen LogP contribution in [0.15, 0.2) is 66.7 Å². The fourth-order valence-corrected chi connectivity index (χ4v) is 2.88. The Bertz CT molecular complexity index is 971. The second-order valence-electron chi connectivity index (χ2n) is 7.27. The smallest absolute Gasteiger partial charge is 0.314 e. The van der Waals surface area contributed by atoms with Gasteiger partial charge in [0.1, 0.15) is 0 Å². The molecule has 0 heterocycles. The van der Waals surface area contributed by atoms with Crippen LogP contribution in [0.25, 0.3) is 10.8 Å². The van der Waals surface area contributed by atoms with Gasteiger partial charge in [-0.1, -0.05) is 69.3 Å². The average Bonchev–Trinajstić information content (AvgIpc) is 2.61. The van der Waals surface area contributed by atoms with Crippen molar-refractivity contribution in [2.24, 2.45) is 0 Å². The molecule has 4 heteroatoms. The van der Waals surface area contributed by atoms with Crippen LogP contribution in [0.1, 0.15) is 26.3 Å². The molecule has 0 aromatic heterocycles. The van der Waals surface area contributed by atoms with Crippen molar-refractivity contribution in [2.75, 3.05) is 10.6 Å². The summed E-state index contributed by atoms with van der Waals surface area (Å²) in [6, 6.07) is 20.9. The summed E-state index contributed by atoms with van der Waals surface area (Å²) in [5, 5.41) is 7.47. The van der Waals surface area contributed by atoms with Crippen LogP contribution in [0.5, 0.6) is 0 Å². The maximum atomic E-state index is 12.3. The highest BCUT2D eigenvalue weighted by Gasteiger charge is 2.21. The van der Waals surface area contributed by atoms with Crippen LogP contribution in [0, 0.1) is 0 Å². The lowest BCUT2D eigenvalue weighted by Gasteiger charge is -2.22. The molecule has 0 unspecified atom stereocenters. The summed E-state index contributed by atoms with van der Waals surface area (Å²) in [4.78, 5) is 24.6. The van der Waals surface area contributed by atoms with E-state index in [0.717, 1.165) is 16.3 Å². The van der Waals surface area contributed by atoms with E-state index >= 15 is 0 Å². The molecule has 0 spiro atoms. The first-order chi connectivity index (χ1) is 12.3. The zero-order valence-corrected chi connectivity index (χ0v) is 15.2. The van der Waals surface area contributed by atoms with E-state index in [-0.39, 0.29) is 5.41 Å². The minimum Gasteiger partial charge on any atom is -0.318 e. The molecule has 3 aromatic carbocycles. The van der Waals surface area contributed by atoms with Gasteiger partial charge in [0, 0.05) is 11.4 Å². The van der Waals surface area contributed by atoms with Crippen molar-refractivity contribution in [3.8, 4) is 0 Å². The molecular weight excluding hydrogens is 324 g/mol. The molecule has 0 aliphatic heterocycles. The first kappa shape index (κ1) is 17.7. The summed E-state index contributed by atoms with van der Waals surface area (Å²) in [6.07, 6.45) is 0. The van der Waals surface area contributed by atoms with Crippen molar-refractivity contribution in [1.29, 1.82) is 0 Å². The van der Waals surface area contributed by atoms with E-state index in [9.17, 15) is 9.59 Å². The Morgan fingerprint density at radius 2 is 1.35 bits per heavy atom. The van der Waals surface area contributed by atoms with Gasteiger partial charge in [0.2, 0.25) is 0 Å². The van der Waals surface area contributed by atoms with Gasteiger partial charge in [0.25, 0.3) is 0 Å². The van der Waals surface area contributed by atoms with Crippen molar-refractivity contribution in [1.82, 2.24) is 0 Å². The quantitative estimate of drug-likeness (QED) is 0.660. The largest absolute Gasteiger partial charge is 0.318 e. The molecule has 3 aromatic rings. The van der Waals surface area contributed by atoms with Crippen molar-refractivity contribution < 1.29 is 9.59 Å². The first-order valence-electron chi connectivity index (χ1n) is 8.55. The summed E-state index contributed by atoms with van der Waals surface area (Å²) >= 11 is 0. The SMILES string of the molecule is CC(C)(C)c1ccccc1NC(=O)C(=O)Nc1ccc2ccccc2c1. The molecule has 2 N–H and O–H groups in total. The normalized spacial score (nSPS) is 11.2. The maximum Gasteiger partial charge on any atom is 0.314 e. The van der Waals surface area contributed by atoms with Gasteiger partial charge in [-0.05, 0) is 39.9 Å². The lowest BCUT2D eigenvalue weighted by Crippen LogP contribution is -2.30. The highest BCUT2D eigenvalue weighted by atomic mass is 16.2. The molecule has 2 amide bonds. The molecule has 0 aliphatic carbocycles. The summed E-state index contributed by atoms with van der Waals surface area (Å²) in [6.45, 7) is 6.19. The number of amides is 2. The number of carbonyl (C=O) groups excluding carboxylic acids is 2. The summed E-state index contributed by atoms with van der Waals surface area (Å²) in [5.41, 5.74) is 2.08. The Morgan fingerprint density at radius 1 is 0.731 bits per heavy atom. The van der Waals surface area contributed by atoms with Crippen molar-refractivity contribution in [2.45, 2.75) is 26.2 Å². The predicted molar refractivity (Wildman–Crippen MR) is 106 cm³/mol. The molecule has 0 bridgehead atoms. The number of carbonyl (C=O) groups is 2. The molecule has 4 nitrogen and oxygen atoms in total. The number of hydrogen-bond donors (Lipinski definition) is 2. The molecule has 132 valence electrons. The highest BCUT2D eigenvalue weighted by molar-refractivity contribution is 6.43. The van der Waals surface area contributed by atoms with E-state index in [4.69, 9.17) is 0 Å². The second kappa shape index (κ2) is 7.00. The standard InChI is InChI=1S/C22H22N2O2/c1-22(2,3)18-10-6-7-11-19(18)24-21(26)20(25)23-17-13-12-15-8-4-5-9-16(15)14-17/h4-14H,1-3H3,(H,23,25)(H,24,26). The molecule has 0 saturated heterocycles. The monoisotopic (exact) mass is 346 g/mol. The molecule has 3 rings (SSSR count). The van der Waals surface area contributed by atoms with Gasteiger partial charge in [0.05, 0.1) is 0 Å². The topological polar surface area (TPSA) is 58.2 Å². The fraction of sp³-hybridized carbons (Fsp3) is 0.182. The van der Waals surface area contributed by atoms with E-state index in [1.54, 1.807) is 6.07 Å². The van der Waals surface area contributed by atoms with Crippen LogP contribution in [-0.2, 0) is 15.0 Å². The number of hydrogen-bond acceptors (Lipinski definition) is 2. The Kier molecular flexibility index (Phi) is 4.76. The molecule has 0 atom stereocenters. The molecule has 0 aliphatic rings. The first-order valence-corrected chi connectivity index (χ1v) is 8.55. The molecular formula is C22H22N2O2. The van der Waals surface area contributed by atoms with E-state index in [1.807, 2.05) is 60.7 Å². The Labute approximate surface area is 153 Å².